The minimum Gasteiger partial charge on any atom is -0.428 e. The molecule has 0 aliphatic rings. The molecule has 0 spiro atoms. The molecular weight excluding hydrogens is 158 g/mol. The van der Waals surface area contributed by atoms with Gasteiger partial charge in [0.1, 0.15) is 6.61 Å². The Labute approximate surface area is 69.8 Å². The van der Waals surface area contributed by atoms with Crippen LogP contribution in [0.15, 0.2) is 30.3 Å². The van der Waals surface area contributed by atoms with Crippen LogP contribution < -0.4 is 5.90 Å². The van der Waals surface area contributed by atoms with E-state index < -0.39 is 6.16 Å². The van der Waals surface area contributed by atoms with Gasteiger partial charge in [-0.2, -0.15) is 5.90 Å². The number of rotatable bonds is 2. The first-order chi connectivity index (χ1) is 5.83. The molecule has 4 heteroatoms. The Kier molecular flexibility index (Phi) is 3.10. The lowest BCUT2D eigenvalue weighted by Crippen LogP contribution is -2.11. The first-order valence-corrected chi connectivity index (χ1v) is 3.40. The van der Waals surface area contributed by atoms with Crippen LogP contribution in [-0.4, -0.2) is 6.16 Å². The quantitative estimate of drug-likeness (QED) is 0.531. The van der Waals surface area contributed by atoms with Gasteiger partial charge in [-0.05, 0) is 5.56 Å². The molecule has 0 unspecified atom stereocenters. The van der Waals surface area contributed by atoms with Gasteiger partial charge in [-0.15, -0.1) is 0 Å². The average molecular weight is 167 g/mol. The van der Waals surface area contributed by atoms with Gasteiger partial charge in [0.25, 0.3) is 0 Å². The lowest BCUT2D eigenvalue weighted by atomic mass is 10.2. The lowest BCUT2D eigenvalue weighted by molar-refractivity contribution is 0.0497. The van der Waals surface area contributed by atoms with Crippen molar-refractivity contribution in [3.63, 3.8) is 0 Å². The van der Waals surface area contributed by atoms with Gasteiger partial charge >= 0.3 is 6.16 Å². The highest BCUT2D eigenvalue weighted by atomic mass is 16.8. The number of ether oxygens (including phenoxy) is 1. The minimum atomic E-state index is -0.876. The summed E-state index contributed by atoms with van der Waals surface area (Å²) in [5.41, 5.74) is 0.892. The van der Waals surface area contributed by atoms with Crippen LogP contribution in [-0.2, 0) is 16.2 Å². The third-order valence-electron chi connectivity index (χ3n) is 1.30. The molecule has 4 nitrogen and oxygen atoms in total. The molecule has 1 aromatic rings. The van der Waals surface area contributed by atoms with E-state index in [1.807, 2.05) is 30.3 Å². The fourth-order valence-corrected chi connectivity index (χ4v) is 0.751. The summed E-state index contributed by atoms with van der Waals surface area (Å²) >= 11 is 0. The maximum Gasteiger partial charge on any atom is 0.527 e. The number of carbonyl (C=O) groups is 1. The first kappa shape index (κ1) is 8.55. The lowest BCUT2D eigenvalue weighted by Gasteiger charge is -2.01. The van der Waals surface area contributed by atoms with Crippen molar-refractivity contribution in [1.29, 1.82) is 0 Å². The first-order valence-electron chi connectivity index (χ1n) is 3.40. The largest absolute Gasteiger partial charge is 0.527 e. The van der Waals surface area contributed by atoms with Crippen LogP contribution in [0.3, 0.4) is 0 Å². The number of nitrogens with two attached hydrogens (primary N) is 1. The molecule has 0 aliphatic heterocycles. The Morgan fingerprint density at radius 2 is 2.00 bits per heavy atom. The molecule has 0 aliphatic carbocycles. The topological polar surface area (TPSA) is 61.5 Å². The molecule has 0 fully saturated rings. The summed E-state index contributed by atoms with van der Waals surface area (Å²) in [7, 11) is 0. The van der Waals surface area contributed by atoms with Crippen LogP contribution in [0.1, 0.15) is 5.56 Å². The Balaban J connectivity index is 2.38. The zero-order chi connectivity index (χ0) is 8.81. The maximum absolute atomic E-state index is 10.4. The van der Waals surface area contributed by atoms with Crippen LogP contribution in [0.2, 0.25) is 0 Å². The maximum atomic E-state index is 10.4. The van der Waals surface area contributed by atoms with E-state index in [-0.39, 0.29) is 6.61 Å². The van der Waals surface area contributed by atoms with Gasteiger partial charge in [0.15, 0.2) is 0 Å². The Bertz CT molecular complexity index is 248. The number of benzene rings is 1. The SMILES string of the molecule is NOC(=O)OCc1ccccc1. The standard InChI is InChI=1S/C8H9NO3/c9-12-8(10)11-6-7-4-2-1-3-5-7/h1-5H,6,9H2. The smallest absolute Gasteiger partial charge is 0.428 e. The molecule has 0 heterocycles. The molecule has 0 bridgehead atoms. The van der Waals surface area contributed by atoms with Crippen molar-refractivity contribution < 1.29 is 14.4 Å². The van der Waals surface area contributed by atoms with E-state index >= 15 is 0 Å². The fraction of sp³-hybridized carbons (Fsp3) is 0.125. The van der Waals surface area contributed by atoms with Gasteiger partial charge in [-0.25, -0.2) is 4.79 Å². The molecule has 0 aromatic heterocycles. The van der Waals surface area contributed by atoms with Gasteiger partial charge in [0.2, 0.25) is 0 Å². The fourth-order valence-electron chi connectivity index (χ4n) is 0.751. The second-order valence-corrected chi connectivity index (χ2v) is 2.14. The summed E-state index contributed by atoms with van der Waals surface area (Å²) in [6.45, 7) is 0.177. The normalized spacial score (nSPS) is 9.08. The molecule has 1 rings (SSSR count). The highest BCUT2D eigenvalue weighted by Crippen LogP contribution is 2.00. The summed E-state index contributed by atoms with van der Waals surface area (Å²) in [5, 5.41) is 0. The van der Waals surface area contributed by atoms with Crippen molar-refractivity contribution in [2.45, 2.75) is 6.61 Å². The Hall–Kier alpha value is -1.55. The van der Waals surface area contributed by atoms with Gasteiger partial charge in [-0.1, -0.05) is 30.3 Å². The van der Waals surface area contributed by atoms with Crippen LogP contribution in [0.25, 0.3) is 0 Å². The van der Waals surface area contributed by atoms with Crippen molar-refractivity contribution in [2.75, 3.05) is 0 Å². The van der Waals surface area contributed by atoms with Crippen LogP contribution in [0, 0.1) is 0 Å². The van der Waals surface area contributed by atoms with Crippen LogP contribution in [0.5, 0.6) is 0 Å². The number of hydrogen-bond acceptors (Lipinski definition) is 4. The van der Waals surface area contributed by atoms with E-state index in [1.54, 1.807) is 0 Å². The molecule has 2 N–H and O–H groups in total. The van der Waals surface area contributed by atoms with E-state index in [9.17, 15) is 4.79 Å². The minimum absolute atomic E-state index is 0.177. The van der Waals surface area contributed by atoms with Crippen molar-refractivity contribution in [3.05, 3.63) is 35.9 Å². The zero-order valence-corrected chi connectivity index (χ0v) is 6.40. The van der Waals surface area contributed by atoms with Crippen molar-refractivity contribution in [3.8, 4) is 0 Å². The van der Waals surface area contributed by atoms with Crippen LogP contribution >= 0.6 is 0 Å². The van der Waals surface area contributed by atoms with Crippen LogP contribution in [0.4, 0.5) is 4.79 Å². The zero-order valence-electron chi connectivity index (χ0n) is 6.40. The molecule has 0 saturated carbocycles. The van der Waals surface area contributed by atoms with Gasteiger partial charge < -0.3 is 9.57 Å². The molecule has 64 valence electrons. The van der Waals surface area contributed by atoms with E-state index in [4.69, 9.17) is 0 Å². The second-order valence-electron chi connectivity index (χ2n) is 2.14. The summed E-state index contributed by atoms with van der Waals surface area (Å²) in [6, 6.07) is 9.26. The van der Waals surface area contributed by atoms with Crippen molar-refractivity contribution in [1.82, 2.24) is 0 Å². The molecule has 12 heavy (non-hydrogen) atoms. The van der Waals surface area contributed by atoms with Crippen molar-refractivity contribution >= 4 is 6.16 Å². The highest BCUT2D eigenvalue weighted by Gasteiger charge is 2.00. The third kappa shape index (κ3) is 2.59. The number of hydrogen-bond donors (Lipinski definition) is 1. The average Bonchev–Trinajstić information content (AvgIpc) is 2.16. The predicted molar refractivity (Wildman–Crippen MR) is 41.9 cm³/mol. The summed E-state index contributed by atoms with van der Waals surface area (Å²) < 4.78 is 4.59. The van der Waals surface area contributed by atoms with Gasteiger partial charge in [0, 0.05) is 0 Å². The predicted octanol–water partition coefficient (Wildman–Crippen LogP) is 1.21. The van der Waals surface area contributed by atoms with Crippen molar-refractivity contribution in [2.24, 2.45) is 5.90 Å². The highest BCUT2D eigenvalue weighted by molar-refractivity contribution is 5.59. The molecular formula is C8H9NO3. The van der Waals surface area contributed by atoms with Gasteiger partial charge in [0.05, 0.1) is 0 Å². The van der Waals surface area contributed by atoms with E-state index in [2.05, 4.69) is 15.5 Å². The third-order valence-corrected chi connectivity index (χ3v) is 1.30. The summed E-state index contributed by atoms with van der Waals surface area (Å²) in [5.74, 6) is 4.56. The molecule has 0 atom stereocenters. The molecule has 0 radical (unpaired) electrons. The van der Waals surface area contributed by atoms with Gasteiger partial charge in [-0.3, -0.25) is 0 Å². The second kappa shape index (κ2) is 4.35. The molecule has 0 amide bonds. The van der Waals surface area contributed by atoms with E-state index in [0.29, 0.717) is 0 Å². The molecule has 0 saturated heterocycles. The monoisotopic (exact) mass is 167 g/mol. The number of carbonyl (C=O) groups excluding carboxylic acids is 1. The Morgan fingerprint density at radius 3 is 2.58 bits per heavy atom. The molecule has 1 aromatic carbocycles. The van der Waals surface area contributed by atoms with E-state index in [1.165, 1.54) is 0 Å². The summed E-state index contributed by atoms with van der Waals surface area (Å²) in [6.07, 6.45) is -0.876. The van der Waals surface area contributed by atoms with E-state index in [0.717, 1.165) is 5.56 Å². The Morgan fingerprint density at radius 1 is 1.33 bits per heavy atom. The summed E-state index contributed by atoms with van der Waals surface area (Å²) in [4.78, 5) is 14.2.